The largest absolute Gasteiger partial charge is 0.479 e. The molecule has 1 saturated carbocycles. The zero-order valence-electron chi connectivity index (χ0n) is 14.4. The number of carbonyl (C=O) groups is 1. The smallest absolute Gasteiger partial charge is 0.344 e. The van der Waals surface area contributed by atoms with Crippen molar-refractivity contribution >= 4 is 22.8 Å². The molecule has 3 rings (SSSR count). The number of aliphatic carboxylic acids is 1. The summed E-state index contributed by atoms with van der Waals surface area (Å²) < 4.78 is 5.63. The van der Waals surface area contributed by atoms with Crippen LogP contribution in [-0.2, 0) is 4.79 Å². The van der Waals surface area contributed by atoms with Gasteiger partial charge in [-0.2, -0.15) is 0 Å². The third kappa shape index (κ3) is 3.99. The molecule has 1 heterocycles. The molecule has 7 heteroatoms. The summed E-state index contributed by atoms with van der Waals surface area (Å²) in [4.78, 5) is 20.0. The van der Waals surface area contributed by atoms with Crippen LogP contribution in [0.3, 0.4) is 0 Å². The van der Waals surface area contributed by atoms with E-state index in [-0.39, 0.29) is 12.1 Å². The molecule has 0 saturated heterocycles. The fraction of sp³-hybridized carbons (Fsp3) is 0.500. The van der Waals surface area contributed by atoms with Crippen LogP contribution in [0.2, 0.25) is 0 Å². The molecular formula is C18H23N3O4. The number of aliphatic hydroxyl groups excluding tert-OH is 1. The van der Waals surface area contributed by atoms with Crippen molar-refractivity contribution in [2.45, 2.75) is 57.8 Å². The number of nitrogens with one attached hydrogen (secondary N) is 1. The summed E-state index contributed by atoms with van der Waals surface area (Å²) in [7, 11) is 0. The number of benzene rings is 1. The van der Waals surface area contributed by atoms with E-state index in [1.807, 2.05) is 19.1 Å². The van der Waals surface area contributed by atoms with Gasteiger partial charge in [-0.3, -0.25) is 0 Å². The molecular weight excluding hydrogens is 322 g/mol. The summed E-state index contributed by atoms with van der Waals surface area (Å²) in [5, 5.41) is 22.8. The van der Waals surface area contributed by atoms with Gasteiger partial charge in [-0.1, -0.05) is 12.1 Å². The Labute approximate surface area is 146 Å². The van der Waals surface area contributed by atoms with E-state index in [4.69, 9.17) is 9.84 Å². The zero-order chi connectivity index (χ0) is 18.0. The minimum absolute atomic E-state index is 0.212. The van der Waals surface area contributed by atoms with Crippen molar-refractivity contribution in [3.63, 3.8) is 0 Å². The lowest BCUT2D eigenvalue weighted by molar-refractivity contribution is -0.144. The Hall–Kier alpha value is -2.41. The van der Waals surface area contributed by atoms with E-state index >= 15 is 0 Å². The average Bonchev–Trinajstić information content (AvgIpc) is 2.59. The third-order valence-corrected chi connectivity index (χ3v) is 4.58. The molecule has 1 aliphatic carbocycles. The fourth-order valence-corrected chi connectivity index (χ4v) is 3.02. The molecule has 25 heavy (non-hydrogen) atoms. The summed E-state index contributed by atoms with van der Waals surface area (Å²) >= 11 is 0. The zero-order valence-corrected chi connectivity index (χ0v) is 14.4. The van der Waals surface area contributed by atoms with Gasteiger partial charge in [0.2, 0.25) is 5.95 Å². The minimum Gasteiger partial charge on any atom is -0.479 e. The number of aromatic nitrogens is 2. The number of hydrogen-bond acceptors (Lipinski definition) is 6. The number of fused-ring (bicyclic) bond motifs is 1. The topological polar surface area (TPSA) is 105 Å². The number of anilines is 1. The van der Waals surface area contributed by atoms with Crippen LogP contribution in [0.1, 0.15) is 38.2 Å². The number of rotatable bonds is 5. The SMILES string of the molecule is Cc1ccc2cnc(NC3CCC(O)CC3)nc2c1OC(C)C(=O)O. The van der Waals surface area contributed by atoms with Gasteiger partial charge in [-0.25, -0.2) is 14.8 Å². The Morgan fingerprint density at radius 3 is 2.72 bits per heavy atom. The number of carboxylic acid groups (broad SMARTS) is 1. The van der Waals surface area contributed by atoms with E-state index in [1.165, 1.54) is 6.92 Å². The first-order valence-corrected chi connectivity index (χ1v) is 8.54. The highest BCUT2D eigenvalue weighted by molar-refractivity contribution is 5.86. The maximum atomic E-state index is 11.1. The second-order valence-corrected chi connectivity index (χ2v) is 6.59. The lowest BCUT2D eigenvalue weighted by Crippen LogP contribution is -2.29. The average molecular weight is 345 g/mol. The van der Waals surface area contributed by atoms with Gasteiger partial charge in [0.25, 0.3) is 0 Å². The molecule has 1 aliphatic rings. The van der Waals surface area contributed by atoms with Crippen LogP contribution in [0.15, 0.2) is 18.3 Å². The highest BCUT2D eigenvalue weighted by Gasteiger charge is 2.21. The molecule has 7 nitrogen and oxygen atoms in total. The van der Waals surface area contributed by atoms with Crippen molar-refractivity contribution < 1.29 is 19.7 Å². The Morgan fingerprint density at radius 2 is 2.04 bits per heavy atom. The van der Waals surface area contributed by atoms with E-state index in [9.17, 15) is 9.90 Å². The van der Waals surface area contributed by atoms with Crippen molar-refractivity contribution in [3.05, 3.63) is 23.9 Å². The van der Waals surface area contributed by atoms with Gasteiger partial charge in [0.15, 0.2) is 6.10 Å². The van der Waals surface area contributed by atoms with Crippen molar-refractivity contribution in [2.24, 2.45) is 0 Å². The highest BCUT2D eigenvalue weighted by atomic mass is 16.5. The number of aliphatic hydroxyl groups is 1. The first kappa shape index (κ1) is 17.4. The van der Waals surface area contributed by atoms with E-state index in [2.05, 4.69) is 15.3 Å². The summed E-state index contributed by atoms with van der Waals surface area (Å²) in [5.74, 6) is -0.0613. The quantitative estimate of drug-likeness (QED) is 0.764. The lowest BCUT2D eigenvalue weighted by Gasteiger charge is -2.26. The standard InChI is InChI=1S/C18H23N3O4/c1-10-3-4-12-9-19-18(20-13-5-7-14(22)8-6-13)21-15(12)16(10)25-11(2)17(23)24/h3-4,9,11,13-14,22H,5-8H2,1-2H3,(H,23,24)(H,19,20,21). The van der Waals surface area contributed by atoms with Crippen LogP contribution < -0.4 is 10.1 Å². The first-order chi connectivity index (χ1) is 11.9. The Morgan fingerprint density at radius 1 is 1.32 bits per heavy atom. The maximum absolute atomic E-state index is 11.1. The molecule has 0 radical (unpaired) electrons. The Balaban J connectivity index is 1.88. The van der Waals surface area contributed by atoms with Crippen molar-refractivity contribution in [2.75, 3.05) is 5.32 Å². The van der Waals surface area contributed by atoms with Crippen LogP contribution in [0.25, 0.3) is 10.9 Å². The summed E-state index contributed by atoms with van der Waals surface area (Å²) in [6.45, 7) is 3.36. The molecule has 3 N–H and O–H groups in total. The summed E-state index contributed by atoms with van der Waals surface area (Å²) in [5.41, 5.74) is 1.42. The van der Waals surface area contributed by atoms with Gasteiger partial charge in [0, 0.05) is 17.6 Å². The molecule has 0 amide bonds. The predicted molar refractivity (Wildman–Crippen MR) is 93.9 cm³/mol. The van der Waals surface area contributed by atoms with E-state index in [0.717, 1.165) is 36.6 Å². The highest BCUT2D eigenvalue weighted by Crippen LogP contribution is 2.30. The second-order valence-electron chi connectivity index (χ2n) is 6.59. The maximum Gasteiger partial charge on any atom is 0.344 e. The molecule has 1 aromatic heterocycles. The number of nitrogens with zero attached hydrogens (tertiary/aromatic N) is 2. The number of carboxylic acids is 1. The second kappa shape index (κ2) is 7.23. The van der Waals surface area contributed by atoms with Crippen molar-refractivity contribution in [1.29, 1.82) is 0 Å². The number of hydrogen-bond donors (Lipinski definition) is 3. The van der Waals surface area contributed by atoms with Gasteiger partial charge >= 0.3 is 5.97 Å². The molecule has 0 bridgehead atoms. The molecule has 0 aliphatic heterocycles. The van der Waals surface area contributed by atoms with Gasteiger partial charge in [0.05, 0.1) is 6.10 Å². The summed E-state index contributed by atoms with van der Waals surface area (Å²) in [6.07, 6.45) is 3.82. The van der Waals surface area contributed by atoms with Gasteiger partial charge in [-0.05, 0) is 45.1 Å². The predicted octanol–water partition coefficient (Wildman–Crippen LogP) is 2.51. The normalized spacial score (nSPS) is 21.7. The first-order valence-electron chi connectivity index (χ1n) is 8.54. The molecule has 1 unspecified atom stereocenters. The molecule has 134 valence electrons. The van der Waals surface area contributed by atoms with Crippen LogP contribution >= 0.6 is 0 Å². The molecule has 1 fully saturated rings. The van der Waals surface area contributed by atoms with Crippen molar-refractivity contribution in [3.8, 4) is 5.75 Å². The van der Waals surface area contributed by atoms with Crippen LogP contribution in [0, 0.1) is 6.92 Å². The van der Waals surface area contributed by atoms with Gasteiger partial charge in [0.1, 0.15) is 11.3 Å². The van der Waals surface area contributed by atoms with Gasteiger partial charge < -0.3 is 20.3 Å². The summed E-state index contributed by atoms with van der Waals surface area (Å²) in [6, 6.07) is 3.99. The van der Waals surface area contributed by atoms with Crippen LogP contribution in [0.5, 0.6) is 5.75 Å². The van der Waals surface area contributed by atoms with Crippen molar-refractivity contribution in [1.82, 2.24) is 9.97 Å². The monoisotopic (exact) mass is 345 g/mol. The molecule has 1 aromatic carbocycles. The third-order valence-electron chi connectivity index (χ3n) is 4.58. The lowest BCUT2D eigenvalue weighted by atomic mass is 9.93. The van der Waals surface area contributed by atoms with Crippen LogP contribution in [0.4, 0.5) is 5.95 Å². The van der Waals surface area contributed by atoms with Gasteiger partial charge in [-0.15, -0.1) is 0 Å². The number of aryl methyl sites for hydroxylation is 1. The number of ether oxygens (including phenoxy) is 1. The van der Waals surface area contributed by atoms with E-state index in [1.54, 1.807) is 6.20 Å². The molecule has 1 atom stereocenters. The fourth-order valence-electron chi connectivity index (χ4n) is 3.02. The molecule has 2 aromatic rings. The molecule has 0 spiro atoms. The minimum atomic E-state index is -1.02. The Kier molecular flexibility index (Phi) is 5.03. The van der Waals surface area contributed by atoms with Crippen LogP contribution in [-0.4, -0.2) is 44.4 Å². The Bertz CT molecular complexity index is 772. The van der Waals surface area contributed by atoms with E-state index < -0.39 is 12.1 Å². The van der Waals surface area contributed by atoms with E-state index in [0.29, 0.717) is 17.2 Å².